The number of para-hydroxylation sites is 1. The Morgan fingerprint density at radius 3 is 2.40 bits per heavy atom. The minimum atomic E-state index is -4.61. The maximum absolute atomic E-state index is 12.4. The first-order valence-electron chi connectivity index (χ1n) is 9.04. The molecule has 0 bridgehead atoms. The molecule has 0 saturated carbocycles. The van der Waals surface area contributed by atoms with Gasteiger partial charge in [-0.25, -0.2) is 13.6 Å². The van der Waals surface area contributed by atoms with Gasteiger partial charge in [-0.15, -0.1) is 0 Å². The number of halogens is 3. The van der Waals surface area contributed by atoms with Crippen molar-refractivity contribution < 1.29 is 31.1 Å². The monoisotopic (exact) mass is 445 g/mol. The number of hydrogen-bond acceptors (Lipinski definition) is 5. The zero-order valence-electron chi connectivity index (χ0n) is 16.1. The third-order valence-electron chi connectivity index (χ3n) is 3.88. The molecule has 4 N–H and O–H groups in total. The molecule has 0 heterocycles. The van der Waals surface area contributed by atoms with Crippen LogP contribution >= 0.6 is 0 Å². The molecule has 0 fully saturated rings. The highest BCUT2D eigenvalue weighted by Gasteiger charge is 2.29. The number of amides is 1. The summed E-state index contributed by atoms with van der Waals surface area (Å²) in [5.74, 6) is -0.926. The van der Waals surface area contributed by atoms with Crippen molar-refractivity contribution in [2.45, 2.75) is 30.8 Å². The summed E-state index contributed by atoms with van der Waals surface area (Å²) in [5.41, 5.74) is -0.182. The van der Waals surface area contributed by atoms with Crippen LogP contribution < -0.4 is 20.5 Å². The molecule has 2 aromatic rings. The molecule has 30 heavy (non-hydrogen) atoms. The molecular formula is C19H22F3N3O4S. The Kier molecular flexibility index (Phi) is 7.68. The van der Waals surface area contributed by atoms with E-state index in [0.717, 1.165) is 18.9 Å². The van der Waals surface area contributed by atoms with E-state index in [9.17, 15) is 26.4 Å². The van der Waals surface area contributed by atoms with Crippen LogP contribution in [0.3, 0.4) is 0 Å². The van der Waals surface area contributed by atoms with Gasteiger partial charge in [-0.05, 0) is 30.7 Å². The number of carbonyl (C=O) groups excluding carboxylic acids is 1. The van der Waals surface area contributed by atoms with Crippen molar-refractivity contribution in [3.05, 3.63) is 48.0 Å². The van der Waals surface area contributed by atoms with Gasteiger partial charge in [0.25, 0.3) is 5.91 Å². The van der Waals surface area contributed by atoms with Crippen molar-refractivity contribution in [1.82, 2.24) is 5.32 Å². The number of nitrogens with two attached hydrogens (primary N) is 1. The molecule has 0 saturated heterocycles. The zero-order valence-corrected chi connectivity index (χ0v) is 16.9. The lowest BCUT2D eigenvalue weighted by molar-refractivity contribution is -0.123. The SMILES string of the molecule is CCCCNc1cc(C(=O)NCC(F)(F)F)cc(S(N)(=O)=O)c1Oc1ccccc1. The normalized spacial score (nSPS) is 11.8. The van der Waals surface area contributed by atoms with E-state index in [1.165, 1.54) is 6.07 Å². The topological polar surface area (TPSA) is 111 Å². The van der Waals surface area contributed by atoms with Crippen molar-refractivity contribution in [3.63, 3.8) is 0 Å². The van der Waals surface area contributed by atoms with Crippen LogP contribution in [0.15, 0.2) is 47.4 Å². The summed E-state index contributed by atoms with van der Waals surface area (Å²) in [7, 11) is -4.37. The van der Waals surface area contributed by atoms with E-state index in [2.05, 4.69) is 5.32 Å². The van der Waals surface area contributed by atoms with Crippen molar-refractivity contribution >= 4 is 21.6 Å². The molecule has 0 aromatic heterocycles. The standard InChI is InChI=1S/C19H22F3N3O4S/c1-2-3-9-24-15-10-13(18(26)25-12-19(20,21)22)11-16(30(23,27)28)17(15)29-14-7-5-4-6-8-14/h4-8,10-11,24H,2-3,9,12H2,1H3,(H,25,26)(H2,23,27,28). The fourth-order valence-electron chi connectivity index (χ4n) is 2.47. The lowest BCUT2D eigenvalue weighted by Gasteiger charge is -2.18. The van der Waals surface area contributed by atoms with Crippen LogP contribution in [0.25, 0.3) is 0 Å². The van der Waals surface area contributed by atoms with Crippen LogP contribution in [0.1, 0.15) is 30.1 Å². The molecular weight excluding hydrogens is 423 g/mol. The molecule has 0 aliphatic carbocycles. The average molecular weight is 445 g/mol. The molecule has 1 amide bonds. The Morgan fingerprint density at radius 2 is 1.83 bits per heavy atom. The van der Waals surface area contributed by atoms with Gasteiger partial charge in [-0.2, -0.15) is 13.2 Å². The number of primary sulfonamides is 1. The quantitative estimate of drug-likeness (QED) is 0.511. The number of hydrogen-bond donors (Lipinski definition) is 3. The van der Waals surface area contributed by atoms with E-state index in [0.29, 0.717) is 12.3 Å². The summed E-state index contributed by atoms with van der Waals surface area (Å²) in [4.78, 5) is 11.7. The first-order valence-corrected chi connectivity index (χ1v) is 10.6. The number of nitrogens with one attached hydrogen (secondary N) is 2. The van der Waals surface area contributed by atoms with Crippen LogP contribution in [0.5, 0.6) is 11.5 Å². The van der Waals surface area contributed by atoms with Gasteiger partial charge in [-0.3, -0.25) is 4.79 Å². The Morgan fingerprint density at radius 1 is 1.17 bits per heavy atom. The van der Waals surface area contributed by atoms with Crippen LogP contribution in [0.4, 0.5) is 18.9 Å². The molecule has 0 spiro atoms. The van der Waals surface area contributed by atoms with Gasteiger partial charge in [0.05, 0.1) is 5.69 Å². The number of rotatable bonds is 9. The number of ether oxygens (including phenoxy) is 1. The summed E-state index contributed by atoms with van der Waals surface area (Å²) in [6, 6.07) is 10.4. The van der Waals surface area contributed by atoms with Gasteiger partial charge in [0.15, 0.2) is 5.75 Å². The Hall–Kier alpha value is -2.79. The van der Waals surface area contributed by atoms with Crippen LogP contribution in [-0.2, 0) is 10.0 Å². The summed E-state index contributed by atoms with van der Waals surface area (Å²) < 4.78 is 67.4. The second-order valence-electron chi connectivity index (χ2n) is 6.39. The van der Waals surface area contributed by atoms with Crippen LogP contribution in [0, 0.1) is 0 Å². The van der Waals surface area contributed by atoms with E-state index < -0.39 is 33.5 Å². The molecule has 0 atom stereocenters. The molecule has 164 valence electrons. The van der Waals surface area contributed by atoms with Gasteiger partial charge in [0.1, 0.15) is 17.2 Å². The van der Waals surface area contributed by atoms with Crippen molar-refractivity contribution in [1.29, 1.82) is 0 Å². The van der Waals surface area contributed by atoms with Crippen molar-refractivity contribution in [2.24, 2.45) is 5.14 Å². The number of anilines is 1. The van der Waals surface area contributed by atoms with Crippen LogP contribution in [-0.4, -0.2) is 33.6 Å². The highest BCUT2D eigenvalue weighted by Crippen LogP contribution is 2.37. The third kappa shape index (κ3) is 6.92. The Balaban J connectivity index is 2.53. The van der Waals surface area contributed by atoms with Gasteiger partial charge in [-0.1, -0.05) is 31.5 Å². The lowest BCUT2D eigenvalue weighted by atomic mass is 10.1. The molecule has 0 aliphatic heterocycles. The fourth-order valence-corrected chi connectivity index (χ4v) is 3.17. The number of unbranched alkanes of at least 4 members (excludes halogenated alkanes) is 1. The van der Waals surface area contributed by atoms with E-state index in [-0.39, 0.29) is 17.0 Å². The summed E-state index contributed by atoms with van der Waals surface area (Å²) >= 11 is 0. The van der Waals surface area contributed by atoms with Gasteiger partial charge in [0, 0.05) is 12.1 Å². The molecule has 2 aromatic carbocycles. The first kappa shape index (κ1) is 23.5. The highest BCUT2D eigenvalue weighted by atomic mass is 32.2. The fraction of sp³-hybridized carbons (Fsp3) is 0.316. The molecule has 11 heteroatoms. The summed E-state index contributed by atoms with van der Waals surface area (Å²) in [6.07, 6.45) is -3.06. The lowest BCUT2D eigenvalue weighted by Crippen LogP contribution is -2.34. The van der Waals surface area contributed by atoms with E-state index in [1.54, 1.807) is 35.6 Å². The Bertz CT molecular complexity index is 981. The maximum Gasteiger partial charge on any atom is 0.405 e. The van der Waals surface area contributed by atoms with Gasteiger partial charge < -0.3 is 15.4 Å². The number of sulfonamides is 1. The van der Waals surface area contributed by atoms with Crippen molar-refractivity contribution in [2.75, 3.05) is 18.4 Å². The zero-order chi connectivity index (χ0) is 22.4. The molecule has 7 nitrogen and oxygen atoms in total. The van der Waals surface area contributed by atoms with Crippen molar-refractivity contribution in [3.8, 4) is 11.5 Å². The minimum Gasteiger partial charge on any atom is -0.454 e. The third-order valence-corrected chi connectivity index (χ3v) is 4.80. The maximum atomic E-state index is 12.4. The number of alkyl halides is 3. The molecule has 2 rings (SSSR count). The average Bonchev–Trinajstić information content (AvgIpc) is 2.66. The van der Waals surface area contributed by atoms with E-state index in [4.69, 9.17) is 9.88 Å². The number of benzene rings is 2. The summed E-state index contributed by atoms with van der Waals surface area (Å²) in [6.45, 7) is 0.802. The van der Waals surface area contributed by atoms with E-state index >= 15 is 0 Å². The molecule has 0 radical (unpaired) electrons. The largest absolute Gasteiger partial charge is 0.454 e. The highest BCUT2D eigenvalue weighted by molar-refractivity contribution is 7.89. The van der Waals surface area contributed by atoms with Gasteiger partial charge >= 0.3 is 6.18 Å². The second kappa shape index (κ2) is 9.81. The predicted molar refractivity (Wildman–Crippen MR) is 106 cm³/mol. The molecule has 0 unspecified atom stereocenters. The van der Waals surface area contributed by atoms with E-state index in [1.807, 2.05) is 6.92 Å². The van der Waals surface area contributed by atoms with Crippen LogP contribution in [0.2, 0.25) is 0 Å². The van der Waals surface area contributed by atoms with Gasteiger partial charge in [0.2, 0.25) is 10.0 Å². The number of carbonyl (C=O) groups is 1. The molecule has 0 aliphatic rings. The first-order chi connectivity index (χ1) is 14.0. The predicted octanol–water partition coefficient (Wildman–Crippen LogP) is 3.63. The second-order valence-corrected chi connectivity index (χ2v) is 7.92. The summed E-state index contributed by atoms with van der Waals surface area (Å²) in [5, 5.41) is 9.98. The Labute approximate surface area is 172 Å². The smallest absolute Gasteiger partial charge is 0.405 e. The minimum absolute atomic E-state index is 0.121.